The third-order valence-electron chi connectivity index (χ3n) is 3.54. The van der Waals surface area contributed by atoms with E-state index < -0.39 is 0 Å². The van der Waals surface area contributed by atoms with E-state index in [0.717, 1.165) is 25.7 Å². The van der Waals surface area contributed by atoms with E-state index in [2.05, 4.69) is 4.90 Å². The molecule has 1 unspecified atom stereocenters. The average Bonchev–Trinajstić information content (AvgIpc) is 2.56. The van der Waals surface area contributed by atoms with Gasteiger partial charge in [-0.15, -0.1) is 0 Å². The van der Waals surface area contributed by atoms with Crippen LogP contribution in [0.5, 0.6) is 0 Å². The summed E-state index contributed by atoms with van der Waals surface area (Å²) in [6, 6.07) is 0.674. The Bertz CT molecular complexity index is 171. The maximum Gasteiger partial charge on any atom is 0.0516 e. The highest BCUT2D eigenvalue weighted by Crippen LogP contribution is 2.20. The van der Waals surface area contributed by atoms with Crippen molar-refractivity contribution in [1.29, 1.82) is 0 Å². The highest BCUT2D eigenvalue weighted by molar-refractivity contribution is 4.79. The molecule has 0 aromatic carbocycles. The van der Waals surface area contributed by atoms with Crippen molar-refractivity contribution < 1.29 is 4.74 Å². The van der Waals surface area contributed by atoms with Gasteiger partial charge in [-0.2, -0.15) is 0 Å². The van der Waals surface area contributed by atoms with Crippen molar-refractivity contribution >= 4 is 0 Å². The summed E-state index contributed by atoms with van der Waals surface area (Å²) in [5, 5.41) is 0. The molecule has 3 nitrogen and oxygen atoms in total. The van der Waals surface area contributed by atoms with Crippen molar-refractivity contribution in [3.63, 3.8) is 0 Å². The summed E-state index contributed by atoms with van der Waals surface area (Å²) in [6.45, 7) is 5.36. The second-order valence-corrected chi connectivity index (χ2v) is 4.61. The van der Waals surface area contributed by atoms with Crippen molar-refractivity contribution in [2.75, 3.05) is 32.8 Å². The molecular formula is C11H22N2O. The molecule has 0 radical (unpaired) electrons. The van der Waals surface area contributed by atoms with Crippen LogP contribution in [-0.4, -0.2) is 43.8 Å². The number of ether oxygens (including phenoxy) is 1. The van der Waals surface area contributed by atoms with Crippen molar-refractivity contribution in [3.05, 3.63) is 0 Å². The first kappa shape index (κ1) is 10.4. The fourth-order valence-electron chi connectivity index (χ4n) is 2.49. The molecule has 2 rings (SSSR count). The molecule has 0 saturated carbocycles. The third kappa shape index (κ3) is 2.47. The van der Waals surface area contributed by atoms with E-state index in [1.54, 1.807) is 0 Å². The third-order valence-corrected chi connectivity index (χ3v) is 3.54. The summed E-state index contributed by atoms with van der Waals surface area (Å²) in [5.74, 6) is 0.855. The van der Waals surface area contributed by atoms with Gasteiger partial charge in [-0.05, 0) is 38.8 Å². The normalized spacial score (nSPS) is 29.4. The van der Waals surface area contributed by atoms with E-state index in [1.807, 2.05) is 0 Å². The average molecular weight is 198 g/mol. The summed E-state index contributed by atoms with van der Waals surface area (Å²) < 4.78 is 5.17. The highest BCUT2D eigenvalue weighted by Gasteiger charge is 2.23. The van der Waals surface area contributed by atoms with Gasteiger partial charge in [-0.1, -0.05) is 0 Å². The second kappa shape index (κ2) is 5.10. The number of hydrogen-bond acceptors (Lipinski definition) is 3. The molecule has 2 aliphatic heterocycles. The Morgan fingerprint density at radius 2 is 2.21 bits per heavy atom. The molecule has 2 heterocycles. The Morgan fingerprint density at radius 3 is 2.86 bits per heavy atom. The number of rotatable bonds is 5. The van der Waals surface area contributed by atoms with E-state index in [0.29, 0.717) is 6.04 Å². The van der Waals surface area contributed by atoms with Crippen LogP contribution in [0.4, 0.5) is 0 Å². The van der Waals surface area contributed by atoms with Crippen molar-refractivity contribution in [2.45, 2.75) is 31.7 Å². The first-order valence-corrected chi connectivity index (χ1v) is 5.92. The Hall–Kier alpha value is -0.120. The largest absolute Gasteiger partial charge is 0.381 e. The molecule has 0 aromatic rings. The van der Waals surface area contributed by atoms with Gasteiger partial charge in [-0.3, -0.25) is 4.90 Å². The van der Waals surface area contributed by atoms with Gasteiger partial charge in [0.05, 0.1) is 13.2 Å². The Kier molecular flexibility index (Phi) is 3.79. The lowest BCUT2D eigenvalue weighted by molar-refractivity contribution is -0.0371. The van der Waals surface area contributed by atoms with E-state index in [1.165, 1.54) is 38.8 Å². The van der Waals surface area contributed by atoms with Gasteiger partial charge in [0.2, 0.25) is 0 Å². The summed E-state index contributed by atoms with van der Waals surface area (Å²) in [6.07, 6.45) is 5.32. The molecule has 2 fully saturated rings. The van der Waals surface area contributed by atoms with Gasteiger partial charge in [0, 0.05) is 18.5 Å². The van der Waals surface area contributed by atoms with Crippen LogP contribution in [0.25, 0.3) is 0 Å². The lowest BCUT2D eigenvalue weighted by Crippen LogP contribution is -2.36. The Labute approximate surface area is 86.6 Å². The minimum absolute atomic E-state index is 0.674. The van der Waals surface area contributed by atoms with Gasteiger partial charge >= 0.3 is 0 Å². The zero-order valence-electron chi connectivity index (χ0n) is 8.95. The Morgan fingerprint density at radius 1 is 1.36 bits per heavy atom. The molecule has 14 heavy (non-hydrogen) atoms. The maximum absolute atomic E-state index is 5.73. The molecule has 0 bridgehead atoms. The minimum atomic E-state index is 0.674. The van der Waals surface area contributed by atoms with Crippen molar-refractivity contribution in [3.8, 4) is 0 Å². The molecule has 0 spiro atoms. The highest BCUT2D eigenvalue weighted by atomic mass is 16.5. The molecule has 2 N–H and O–H groups in total. The van der Waals surface area contributed by atoms with Gasteiger partial charge < -0.3 is 10.5 Å². The first-order chi connectivity index (χ1) is 6.90. The lowest BCUT2D eigenvalue weighted by Gasteiger charge is -2.28. The van der Waals surface area contributed by atoms with Crippen LogP contribution >= 0.6 is 0 Å². The molecule has 2 saturated heterocycles. The summed E-state index contributed by atoms with van der Waals surface area (Å²) in [4.78, 5) is 2.57. The lowest BCUT2D eigenvalue weighted by atomic mass is 10.0. The van der Waals surface area contributed by atoms with Gasteiger partial charge in [0.25, 0.3) is 0 Å². The van der Waals surface area contributed by atoms with Crippen molar-refractivity contribution in [1.82, 2.24) is 4.90 Å². The van der Waals surface area contributed by atoms with Gasteiger partial charge in [0.1, 0.15) is 0 Å². The van der Waals surface area contributed by atoms with Crippen LogP contribution in [0.3, 0.4) is 0 Å². The zero-order chi connectivity index (χ0) is 9.80. The van der Waals surface area contributed by atoms with Crippen LogP contribution in [0, 0.1) is 5.92 Å². The molecular weight excluding hydrogens is 176 g/mol. The molecule has 0 aromatic heterocycles. The number of hydrogen-bond donors (Lipinski definition) is 1. The maximum atomic E-state index is 5.73. The van der Waals surface area contributed by atoms with Crippen LogP contribution in [-0.2, 0) is 4.74 Å². The monoisotopic (exact) mass is 198 g/mol. The topological polar surface area (TPSA) is 38.5 Å². The number of nitrogens with two attached hydrogens (primary N) is 1. The zero-order valence-corrected chi connectivity index (χ0v) is 8.95. The minimum Gasteiger partial charge on any atom is -0.381 e. The molecule has 3 heteroatoms. The smallest absolute Gasteiger partial charge is 0.0516 e. The molecule has 82 valence electrons. The molecule has 1 atom stereocenters. The van der Waals surface area contributed by atoms with E-state index in [4.69, 9.17) is 10.5 Å². The van der Waals surface area contributed by atoms with E-state index >= 15 is 0 Å². The molecule has 0 aliphatic carbocycles. The predicted octanol–water partition coefficient (Wildman–Crippen LogP) is 0.836. The van der Waals surface area contributed by atoms with Crippen LogP contribution in [0.2, 0.25) is 0 Å². The molecule has 2 aliphatic rings. The molecule has 0 amide bonds. The van der Waals surface area contributed by atoms with Crippen LogP contribution in [0.1, 0.15) is 25.7 Å². The predicted molar refractivity (Wildman–Crippen MR) is 57.2 cm³/mol. The Balaban J connectivity index is 1.59. The van der Waals surface area contributed by atoms with E-state index in [9.17, 15) is 0 Å². The van der Waals surface area contributed by atoms with Gasteiger partial charge in [0.15, 0.2) is 0 Å². The fraction of sp³-hybridized carbons (Fsp3) is 1.00. The van der Waals surface area contributed by atoms with Gasteiger partial charge in [-0.25, -0.2) is 0 Å². The fourth-order valence-corrected chi connectivity index (χ4v) is 2.49. The summed E-state index contributed by atoms with van der Waals surface area (Å²) >= 11 is 0. The standard InChI is InChI=1S/C11H22N2O/c12-7-11-4-2-6-13(11)5-1-3-10-8-14-9-10/h10-11H,1-9,12H2. The van der Waals surface area contributed by atoms with Crippen LogP contribution < -0.4 is 5.73 Å². The second-order valence-electron chi connectivity index (χ2n) is 4.61. The summed E-state index contributed by atoms with van der Waals surface area (Å²) in [7, 11) is 0. The van der Waals surface area contributed by atoms with Crippen LogP contribution in [0.15, 0.2) is 0 Å². The summed E-state index contributed by atoms with van der Waals surface area (Å²) in [5.41, 5.74) is 5.73. The number of nitrogens with zero attached hydrogens (tertiary/aromatic N) is 1. The van der Waals surface area contributed by atoms with E-state index in [-0.39, 0.29) is 0 Å². The number of likely N-dealkylation sites (tertiary alicyclic amines) is 1. The van der Waals surface area contributed by atoms with Crippen molar-refractivity contribution in [2.24, 2.45) is 11.7 Å². The quantitative estimate of drug-likeness (QED) is 0.711. The SMILES string of the molecule is NCC1CCCN1CCCC1COC1. The first-order valence-electron chi connectivity index (χ1n) is 5.92.